The molecule has 0 aromatic heterocycles. The van der Waals surface area contributed by atoms with Crippen LogP contribution in [-0.4, -0.2) is 24.1 Å². The van der Waals surface area contributed by atoms with Crippen LogP contribution in [0.3, 0.4) is 0 Å². The summed E-state index contributed by atoms with van der Waals surface area (Å²) in [6.45, 7) is 0. The highest BCUT2D eigenvalue weighted by molar-refractivity contribution is 9.10. The molecule has 0 bridgehead atoms. The van der Waals surface area contributed by atoms with Gasteiger partial charge in [0.2, 0.25) is 0 Å². The fourth-order valence-corrected chi connectivity index (χ4v) is 3.24. The lowest BCUT2D eigenvalue weighted by molar-refractivity contribution is 0.200. The molecule has 2 rings (SSSR count). The maximum atomic E-state index is 10.2. The van der Waals surface area contributed by atoms with Crippen molar-refractivity contribution in [3.8, 4) is 5.75 Å². The number of methoxy groups -OCH3 is 1. The Balaban J connectivity index is 1.92. The molecule has 0 saturated carbocycles. The van der Waals surface area contributed by atoms with E-state index in [2.05, 4.69) is 15.9 Å². The summed E-state index contributed by atoms with van der Waals surface area (Å²) in [4.78, 5) is 1.10. The van der Waals surface area contributed by atoms with Crippen LogP contribution in [0.4, 0.5) is 0 Å². The van der Waals surface area contributed by atoms with Crippen LogP contribution < -0.4 is 4.74 Å². The first-order chi connectivity index (χ1) is 10.1. The minimum absolute atomic E-state index is 0.422. The summed E-state index contributed by atoms with van der Waals surface area (Å²) in [6, 6.07) is 13.4. The number of ether oxygens (including phenoxy) is 1. The van der Waals surface area contributed by atoms with Gasteiger partial charge in [0.15, 0.2) is 0 Å². The lowest BCUT2D eigenvalue weighted by atomic mass is 10.1. The third kappa shape index (κ3) is 5.22. The second-order valence-corrected chi connectivity index (χ2v) is 6.96. The summed E-state index contributed by atoms with van der Waals surface area (Å²) < 4.78 is 6.20. The summed E-state index contributed by atoms with van der Waals surface area (Å²) >= 11 is 11.0. The van der Waals surface area contributed by atoms with Gasteiger partial charge in [-0.2, -0.15) is 0 Å². The highest BCUT2D eigenvalue weighted by atomic mass is 79.9. The second kappa shape index (κ2) is 8.08. The first-order valence-electron chi connectivity index (χ1n) is 6.47. The van der Waals surface area contributed by atoms with Crippen molar-refractivity contribution in [2.45, 2.75) is 17.4 Å². The molecule has 2 nitrogen and oxygen atoms in total. The van der Waals surface area contributed by atoms with Crippen molar-refractivity contribution in [3.63, 3.8) is 0 Å². The van der Waals surface area contributed by atoms with E-state index in [0.29, 0.717) is 12.2 Å². The smallest absolute Gasteiger partial charge is 0.119 e. The Bertz CT molecular complexity index is 589. The molecule has 2 aromatic rings. The summed E-state index contributed by atoms with van der Waals surface area (Å²) in [5, 5.41) is 10.9. The van der Waals surface area contributed by atoms with Crippen molar-refractivity contribution in [1.29, 1.82) is 0 Å². The molecule has 0 amide bonds. The van der Waals surface area contributed by atoms with E-state index in [1.165, 1.54) is 0 Å². The highest BCUT2D eigenvalue weighted by Gasteiger charge is 2.10. The van der Waals surface area contributed by atoms with E-state index in [1.54, 1.807) is 18.9 Å². The molecule has 112 valence electrons. The SMILES string of the molecule is COc1ccc(Br)c(CC(O)CSc2ccc(Cl)cc2)c1. The summed E-state index contributed by atoms with van der Waals surface area (Å²) in [6.07, 6.45) is 0.160. The Kier molecular flexibility index (Phi) is 6.42. The first-order valence-corrected chi connectivity index (χ1v) is 8.63. The predicted octanol–water partition coefficient (Wildman–Crippen LogP) is 4.81. The molecule has 1 unspecified atom stereocenters. The molecule has 0 aliphatic rings. The third-order valence-electron chi connectivity index (χ3n) is 2.96. The molecule has 0 heterocycles. The van der Waals surface area contributed by atoms with Gasteiger partial charge >= 0.3 is 0 Å². The molecule has 0 fully saturated rings. The van der Waals surface area contributed by atoms with E-state index < -0.39 is 6.10 Å². The van der Waals surface area contributed by atoms with E-state index in [0.717, 1.165) is 25.7 Å². The number of hydrogen-bond donors (Lipinski definition) is 1. The van der Waals surface area contributed by atoms with Crippen molar-refractivity contribution in [1.82, 2.24) is 0 Å². The van der Waals surface area contributed by atoms with Gasteiger partial charge in [-0.25, -0.2) is 0 Å². The Labute approximate surface area is 142 Å². The quantitative estimate of drug-likeness (QED) is 0.722. The topological polar surface area (TPSA) is 29.5 Å². The molecule has 0 aliphatic heterocycles. The van der Waals surface area contributed by atoms with Gasteiger partial charge in [-0.15, -0.1) is 11.8 Å². The zero-order chi connectivity index (χ0) is 15.2. The van der Waals surface area contributed by atoms with Crippen LogP contribution in [0.15, 0.2) is 51.8 Å². The van der Waals surface area contributed by atoms with Gasteiger partial charge in [-0.05, 0) is 48.0 Å². The van der Waals surface area contributed by atoms with Gasteiger partial charge in [0, 0.05) is 26.6 Å². The Morgan fingerprint density at radius 1 is 1.24 bits per heavy atom. The number of rotatable bonds is 6. The highest BCUT2D eigenvalue weighted by Crippen LogP contribution is 2.26. The molecule has 5 heteroatoms. The zero-order valence-corrected chi connectivity index (χ0v) is 14.7. The van der Waals surface area contributed by atoms with Gasteiger partial charge in [-0.3, -0.25) is 0 Å². The van der Waals surface area contributed by atoms with Gasteiger partial charge < -0.3 is 9.84 Å². The van der Waals surface area contributed by atoms with Crippen LogP contribution in [0.1, 0.15) is 5.56 Å². The molecule has 0 saturated heterocycles. The van der Waals surface area contributed by atoms with Crippen molar-refractivity contribution in [3.05, 3.63) is 57.5 Å². The third-order valence-corrected chi connectivity index (χ3v) is 5.15. The van der Waals surface area contributed by atoms with Crippen LogP contribution >= 0.6 is 39.3 Å². The summed E-state index contributed by atoms with van der Waals surface area (Å²) in [5.74, 6) is 1.43. The number of hydrogen-bond acceptors (Lipinski definition) is 3. The maximum Gasteiger partial charge on any atom is 0.119 e. The van der Waals surface area contributed by atoms with Crippen molar-refractivity contribution < 1.29 is 9.84 Å². The number of thioether (sulfide) groups is 1. The zero-order valence-electron chi connectivity index (χ0n) is 11.6. The standard InChI is InChI=1S/C16H16BrClO2S/c1-20-14-4-7-16(17)11(9-14)8-13(19)10-21-15-5-2-12(18)3-6-15/h2-7,9,13,19H,8,10H2,1H3. The molecular formula is C16H16BrClO2S. The Hall–Kier alpha value is -0.680. The lowest BCUT2D eigenvalue weighted by Crippen LogP contribution is -2.13. The average molecular weight is 388 g/mol. The molecule has 2 aromatic carbocycles. The van der Waals surface area contributed by atoms with Crippen LogP contribution in [-0.2, 0) is 6.42 Å². The maximum absolute atomic E-state index is 10.2. The van der Waals surface area contributed by atoms with E-state index >= 15 is 0 Å². The molecule has 1 atom stereocenters. The summed E-state index contributed by atoms with van der Waals surface area (Å²) in [5.41, 5.74) is 1.04. The molecule has 1 N–H and O–H groups in total. The number of aliphatic hydroxyl groups excluding tert-OH is 1. The normalized spacial score (nSPS) is 12.2. The van der Waals surface area contributed by atoms with Gasteiger partial charge in [-0.1, -0.05) is 27.5 Å². The fraction of sp³-hybridized carbons (Fsp3) is 0.250. The van der Waals surface area contributed by atoms with Crippen LogP contribution in [0.5, 0.6) is 5.75 Å². The summed E-state index contributed by atoms with van der Waals surface area (Å²) in [7, 11) is 1.64. The van der Waals surface area contributed by atoms with Crippen LogP contribution in [0.2, 0.25) is 5.02 Å². The van der Waals surface area contributed by atoms with E-state index in [9.17, 15) is 5.11 Å². The first kappa shape index (κ1) is 16.7. The van der Waals surface area contributed by atoms with E-state index in [4.69, 9.17) is 16.3 Å². The van der Waals surface area contributed by atoms with E-state index in [-0.39, 0.29) is 0 Å². The van der Waals surface area contributed by atoms with Gasteiger partial charge in [0.05, 0.1) is 13.2 Å². The number of aliphatic hydroxyl groups is 1. The Morgan fingerprint density at radius 2 is 1.95 bits per heavy atom. The molecule has 0 spiro atoms. The van der Waals surface area contributed by atoms with Crippen molar-refractivity contribution in [2.75, 3.05) is 12.9 Å². The minimum atomic E-state index is -0.422. The lowest BCUT2D eigenvalue weighted by Gasteiger charge is -2.13. The largest absolute Gasteiger partial charge is 0.497 e. The van der Waals surface area contributed by atoms with Crippen molar-refractivity contribution >= 4 is 39.3 Å². The van der Waals surface area contributed by atoms with E-state index in [1.807, 2.05) is 42.5 Å². The van der Waals surface area contributed by atoms with Gasteiger partial charge in [0.25, 0.3) is 0 Å². The molecular weight excluding hydrogens is 372 g/mol. The van der Waals surface area contributed by atoms with Crippen molar-refractivity contribution in [2.24, 2.45) is 0 Å². The molecule has 0 aliphatic carbocycles. The molecule has 21 heavy (non-hydrogen) atoms. The number of halogens is 2. The van der Waals surface area contributed by atoms with Crippen LogP contribution in [0.25, 0.3) is 0 Å². The fourth-order valence-electron chi connectivity index (χ4n) is 1.87. The van der Waals surface area contributed by atoms with Gasteiger partial charge in [0.1, 0.15) is 5.75 Å². The minimum Gasteiger partial charge on any atom is -0.497 e. The average Bonchev–Trinajstić information content (AvgIpc) is 2.49. The predicted molar refractivity (Wildman–Crippen MR) is 92.6 cm³/mol. The monoisotopic (exact) mass is 386 g/mol. The second-order valence-electron chi connectivity index (χ2n) is 4.58. The van der Waals surface area contributed by atoms with Crippen LogP contribution in [0, 0.1) is 0 Å². The Morgan fingerprint density at radius 3 is 2.62 bits per heavy atom. The number of benzene rings is 2. The molecule has 0 radical (unpaired) electrons.